The minimum Gasteiger partial charge on any atom is -0.461 e. The Kier molecular flexibility index (Phi) is 3.43. The van der Waals surface area contributed by atoms with Crippen LogP contribution in [-0.4, -0.2) is 22.5 Å². The third-order valence-electron chi connectivity index (χ3n) is 2.86. The normalized spacial score (nSPS) is 10.7. The van der Waals surface area contributed by atoms with Crippen molar-refractivity contribution in [2.75, 3.05) is 6.61 Å². The van der Waals surface area contributed by atoms with Crippen molar-refractivity contribution < 1.29 is 9.53 Å². The highest BCUT2D eigenvalue weighted by Crippen LogP contribution is 2.28. The van der Waals surface area contributed by atoms with E-state index in [4.69, 9.17) is 4.74 Å². The monoisotopic (exact) mass is 284 g/mol. The quantitative estimate of drug-likeness (QED) is 0.690. The lowest BCUT2D eigenvalue weighted by Crippen LogP contribution is -2.04. The molecule has 0 unspecified atom stereocenters. The summed E-state index contributed by atoms with van der Waals surface area (Å²) in [6.07, 6.45) is 1.75. The van der Waals surface area contributed by atoms with Crippen molar-refractivity contribution in [3.05, 3.63) is 47.6 Å². The number of rotatable bonds is 3. The predicted molar refractivity (Wildman–Crippen MR) is 78.8 cm³/mol. The highest BCUT2D eigenvalue weighted by atomic mass is 32.1. The van der Waals surface area contributed by atoms with Gasteiger partial charge in [-0.25, -0.2) is 9.78 Å². The Morgan fingerprint density at radius 3 is 3.00 bits per heavy atom. The van der Waals surface area contributed by atoms with Crippen LogP contribution >= 0.6 is 11.3 Å². The standard InChI is InChI=1S/C15H12N2O2S/c1-2-19-15(18)12-9-20-14(17-12)13-11-6-4-3-5-10(11)7-8-16-13/h3-9H,2H2,1H3. The average molecular weight is 284 g/mol. The Labute approximate surface area is 120 Å². The zero-order valence-corrected chi connectivity index (χ0v) is 11.7. The van der Waals surface area contributed by atoms with Crippen LogP contribution in [0.5, 0.6) is 0 Å². The molecule has 0 bridgehead atoms. The first-order valence-electron chi connectivity index (χ1n) is 6.26. The first kappa shape index (κ1) is 12.7. The zero-order chi connectivity index (χ0) is 13.9. The van der Waals surface area contributed by atoms with Crippen LogP contribution < -0.4 is 0 Å². The maximum absolute atomic E-state index is 11.7. The number of esters is 1. The third-order valence-corrected chi connectivity index (χ3v) is 3.71. The van der Waals surface area contributed by atoms with Gasteiger partial charge in [0.1, 0.15) is 10.7 Å². The van der Waals surface area contributed by atoms with Crippen molar-refractivity contribution in [1.82, 2.24) is 9.97 Å². The van der Waals surface area contributed by atoms with E-state index in [1.165, 1.54) is 11.3 Å². The van der Waals surface area contributed by atoms with Gasteiger partial charge in [-0.05, 0) is 18.4 Å². The van der Waals surface area contributed by atoms with Crippen molar-refractivity contribution in [3.8, 4) is 10.7 Å². The molecule has 0 aliphatic carbocycles. The maximum atomic E-state index is 11.7. The zero-order valence-electron chi connectivity index (χ0n) is 10.9. The minimum absolute atomic E-state index is 0.335. The van der Waals surface area contributed by atoms with E-state index in [1.807, 2.05) is 30.3 Å². The number of carbonyl (C=O) groups is 1. The van der Waals surface area contributed by atoms with Crippen LogP contribution in [0.3, 0.4) is 0 Å². The summed E-state index contributed by atoms with van der Waals surface area (Å²) in [7, 11) is 0. The second-order valence-corrected chi connectivity index (χ2v) is 5.00. The molecular formula is C15H12N2O2S. The second kappa shape index (κ2) is 5.38. The molecule has 20 heavy (non-hydrogen) atoms. The van der Waals surface area contributed by atoms with E-state index in [9.17, 15) is 4.79 Å². The molecule has 100 valence electrons. The molecule has 0 aliphatic heterocycles. The summed E-state index contributed by atoms with van der Waals surface area (Å²) in [4.78, 5) is 20.4. The van der Waals surface area contributed by atoms with Crippen LogP contribution in [0.2, 0.25) is 0 Å². The van der Waals surface area contributed by atoms with Gasteiger partial charge in [-0.15, -0.1) is 11.3 Å². The Bertz CT molecular complexity index is 762. The minimum atomic E-state index is -0.393. The predicted octanol–water partition coefficient (Wildman–Crippen LogP) is 3.54. The number of carbonyl (C=O) groups excluding carboxylic acids is 1. The number of nitrogens with zero attached hydrogens (tertiary/aromatic N) is 2. The van der Waals surface area contributed by atoms with Crippen molar-refractivity contribution in [2.24, 2.45) is 0 Å². The molecule has 0 amide bonds. The third kappa shape index (κ3) is 2.28. The Hall–Kier alpha value is -2.27. The first-order valence-corrected chi connectivity index (χ1v) is 7.14. The number of pyridine rings is 1. The molecule has 3 aromatic rings. The number of aromatic nitrogens is 2. The molecule has 4 nitrogen and oxygen atoms in total. The molecule has 2 aromatic heterocycles. The van der Waals surface area contributed by atoms with E-state index < -0.39 is 5.97 Å². The average Bonchev–Trinajstić information content (AvgIpc) is 2.97. The number of thiazole rings is 1. The summed E-state index contributed by atoms with van der Waals surface area (Å²) in [5, 5.41) is 4.56. The summed E-state index contributed by atoms with van der Waals surface area (Å²) in [5.41, 5.74) is 1.13. The van der Waals surface area contributed by atoms with Gasteiger partial charge in [-0.1, -0.05) is 24.3 Å². The molecule has 0 spiro atoms. The largest absolute Gasteiger partial charge is 0.461 e. The topological polar surface area (TPSA) is 52.1 Å². The highest BCUT2D eigenvalue weighted by Gasteiger charge is 2.14. The lowest BCUT2D eigenvalue weighted by atomic mass is 10.1. The SMILES string of the molecule is CCOC(=O)c1csc(-c2nccc3ccccc23)n1. The fourth-order valence-electron chi connectivity index (χ4n) is 1.97. The second-order valence-electron chi connectivity index (χ2n) is 4.14. The number of benzene rings is 1. The smallest absolute Gasteiger partial charge is 0.357 e. The van der Waals surface area contributed by atoms with Gasteiger partial charge in [-0.3, -0.25) is 4.98 Å². The van der Waals surface area contributed by atoms with Crippen LogP contribution in [0.25, 0.3) is 21.5 Å². The number of ether oxygens (including phenoxy) is 1. The molecule has 2 heterocycles. The van der Waals surface area contributed by atoms with E-state index in [0.717, 1.165) is 21.5 Å². The van der Waals surface area contributed by atoms with Gasteiger partial charge in [0.05, 0.1) is 6.61 Å². The van der Waals surface area contributed by atoms with Gasteiger partial charge in [0.15, 0.2) is 5.69 Å². The van der Waals surface area contributed by atoms with Crippen molar-refractivity contribution in [3.63, 3.8) is 0 Å². The van der Waals surface area contributed by atoms with Crippen molar-refractivity contribution in [2.45, 2.75) is 6.92 Å². The molecule has 0 saturated carbocycles. The molecule has 1 aromatic carbocycles. The summed E-state index contributed by atoms with van der Waals surface area (Å²) in [6.45, 7) is 2.12. The Balaban J connectivity index is 2.06. The van der Waals surface area contributed by atoms with E-state index in [1.54, 1.807) is 18.5 Å². The van der Waals surface area contributed by atoms with E-state index in [-0.39, 0.29) is 0 Å². The van der Waals surface area contributed by atoms with E-state index in [0.29, 0.717) is 12.3 Å². The summed E-state index contributed by atoms with van der Waals surface area (Å²) in [6, 6.07) is 9.94. The summed E-state index contributed by atoms with van der Waals surface area (Å²) in [5.74, 6) is -0.393. The number of hydrogen-bond acceptors (Lipinski definition) is 5. The van der Waals surface area contributed by atoms with Crippen LogP contribution in [0.1, 0.15) is 17.4 Å². The number of hydrogen-bond donors (Lipinski definition) is 0. The van der Waals surface area contributed by atoms with E-state index >= 15 is 0 Å². The van der Waals surface area contributed by atoms with Gasteiger partial charge < -0.3 is 4.74 Å². The van der Waals surface area contributed by atoms with Crippen LogP contribution in [0.15, 0.2) is 41.9 Å². The Morgan fingerprint density at radius 1 is 1.30 bits per heavy atom. The molecule has 0 saturated heterocycles. The molecule has 0 N–H and O–H groups in total. The molecule has 0 radical (unpaired) electrons. The Morgan fingerprint density at radius 2 is 2.15 bits per heavy atom. The van der Waals surface area contributed by atoms with Gasteiger partial charge >= 0.3 is 5.97 Å². The van der Waals surface area contributed by atoms with Gasteiger partial charge in [-0.2, -0.15) is 0 Å². The summed E-state index contributed by atoms with van der Waals surface area (Å²) < 4.78 is 4.95. The maximum Gasteiger partial charge on any atom is 0.357 e. The first-order chi connectivity index (χ1) is 9.79. The van der Waals surface area contributed by atoms with Crippen LogP contribution in [0, 0.1) is 0 Å². The van der Waals surface area contributed by atoms with Gasteiger partial charge in [0.25, 0.3) is 0 Å². The fourth-order valence-corrected chi connectivity index (χ4v) is 2.77. The lowest BCUT2D eigenvalue weighted by molar-refractivity contribution is 0.0520. The van der Waals surface area contributed by atoms with Gasteiger partial charge in [0.2, 0.25) is 0 Å². The molecular weight excluding hydrogens is 272 g/mol. The van der Waals surface area contributed by atoms with Crippen molar-refractivity contribution in [1.29, 1.82) is 0 Å². The molecule has 3 rings (SSSR count). The molecule has 0 fully saturated rings. The lowest BCUT2D eigenvalue weighted by Gasteiger charge is -2.02. The van der Waals surface area contributed by atoms with E-state index in [2.05, 4.69) is 9.97 Å². The number of fused-ring (bicyclic) bond motifs is 1. The summed E-state index contributed by atoms with van der Waals surface area (Å²) >= 11 is 1.40. The molecule has 0 atom stereocenters. The molecule has 0 aliphatic rings. The van der Waals surface area contributed by atoms with Crippen LogP contribution in [0.4, 0.5) is 0 Å². The van der Waals surface area contributed by atoms with Crippen molar-refractivity contribution >= 4 is 28.1 Å². The molecule has 5 heteroatoms. The highest BCUT2D eigenvalue weighted by molar-refractivity contribution is 7.13. The fraction of sp³-hybridized carbons (Fsp3) is 0.133. The van der Waals surface area contributed by atoms with Gasteiger partial charge in [0, 0.05) is 17.0 Å². The van der Waals surface area contributed by atoms with Crippen LogP contribution in [-0.2, 0) is 4.74 Å².